The zero-order valence-electron chi connectivity index (χ0n) is 21.9. The quantitative estimate of drug-likeness (QED) is 0.163. The number of allylic oxidation sites excluding steroid dienone is 1. The lowest BCUT2D eigenvalue weighted by Gasteiger charge is -2.24. The number of nitrogens with one attached hydrogen (secondary N) is 5. The minimum atomic E-state index is -1.51. The summed E-state index contributed by atoms with van der Waals surface area (Å²) >= 11 is 13.3. The van der Waals surface area contributed by atoms with E-state index >= 15 is 0 Å². The number of fused-ring (bicyclic) bond motifs is 1. The van der Waals surface area contributed by atoms with Crippen molar-refractivity contribution in [2.24, 2.45) is 0 Å². The minimum Gasteiger partial charge on any atom is -0.377 e. The Kier molecular flexibility index (Phi) is 7.18. The fourth-order valence-electron chi connectivity index (χ4n) is 4.52. The van der Waals surface area contributed by atoms with E-state index in [0.29, 0.717) is 49.1 Å². The summed E-state index contributed by atoms with van der Waals surface area (Å²) in [6, 6.07) is 21.6. The fourth-order valence-corrected chi connectivity index (χ4v) is 5.02. The largest absolute Gasteiger partial charge is 0.377 e. The number of anilines is 2. The molecular formula is C29H27Cl2N7. The normalized spacial score (nSPS) is 15.6. The van der Waals surface area contributed by atoms with E-state index in [-0.39, 0.29) is 6.04 Å². The molecule has 1 aromatic heterocycles. The number of halogens is 2. The number of hydrogen-bond acceptors (Lipinski definition) is 7. The topological polar surface area (TPSA) is 96.8 Å². The first-order chi connectivity index (χ1) is 18.9. The number of hydrogen-bond donors (Lipinski definition) is 5. The van der Waals surface area contributed by atoms with E-state index in [1.165, 1.54) is 6.20 Å². The average molecular weight is 545 g/mol. The predicted molar refractivity (Wildman–Crippen MR) is 154 cm³/mol. The summed E-state index contributed by atoms with van der Waals surface area (Å²) in [6.07, 6.45) is 2.33. The Morgan fingerprint density at radius 3 is 2.47 bits per heavy atom. The van der Waals surface area contributed by atoms with Crippen molar-refractivity contribution < 1.29 is 1.37 Å². The van der Waals surface area contributed by atoms with Gasteiger partial charge in [0.2, 0.25) is 0 Å². The van der Waals surface area contributed by atoms with Crippen molar-refractivity contribution in [3.8, 4) is 6.07 Å². The molecule has 0 unspecified atom stereocenters. The van der Waals surface area contributed by atoms with Crippen LogP contribution in [-0.4, -0.2) is 4.98 Å². The molecule has 0 spiro atoms. The van der Waals surface area contributed by atoms with Gasteiger partial charge in [-0.05, 0) is 42.7 Å². The van der Waals surface area contributed by atoms with E-state index in [2.05, 4.69) is 57.1 Å². The molecule has 5 N–H and O–H groups in total. The molecule has 5 rings (SSSR count). The molecule has 0 radical (unpaired) electrons. The van der Waals surface area contributed by atoms with E-state index in [1.54, 1.807) is 18.2 Å². The fraction of sp³-hybridized carbons (Fsp3) is 0.172. The smallest absolute Gasteiger partial charge is 0.103 e. The summed E-state index contributed by atoms with van der Waals surface area (Å²) in [5.41, 5.74) is 14.0. The number of pyridine rings is 1. The Morgan fingerprint density at radius 1 is 1.03 bits per heavy atom. The van der Waals surface area contributed by atoms with E-state index in [9.17, 15) is 6.63 Å². The standard InChI is InChI=1S/C29H27Cl2N7/c1-3-25(18-9-5-4-6-10-18)35-27-19(15-32)16-33-28-22(27)13-20(14-24(28)31)34-29(26-17(2)36-38-37-26)21-11-7-8-12-23(21)30/h4-14,16,25,29,34,36-38H,3H2,1-2H3,(H,33,35)/t25-,29-/m1/s1/i29D. The minimum absolute atomic E-state index is 0.0367. The van der Waals surface area contributed by atoms with Crippen LogP contribution in [0.2, 0.25) is 10.0 Å². The van der Waals surface area contributed by atoms with Gasteiger partial charge in [0.05, 0.1) is 40.9 Å². The number of aromatic nitrogens is 1. The predicted octanol–water partition coefficient (Wildman–Crippen LogP) is 6.97. The Bertz CT molecular complexity index is 1600. The number of nitriles is 1. The van der Waals surface area contributed by atoms with E-state index < -0.39 is 6.02 Å². The van der Waals surface area contributed by atoms with Crippen LogP contribution in [0.25, 0.3) is 10.9 Å². The molecule has 4 aromatic rings. The van der Waals surface area contributed by atoms with Gasteiger partial charge in [0.15, 0.2) is 0 Å². The summed E-state index contributed by atoms with van der Waals surface area (Å²) in [5.74, 6) is 0. The van der Waals surface area contributed by atoms with Gasteiger partial charge in [-0.15, -0.1) is 0 Å². The maximum atomic E-state index is 9.96. The molecule has 2 heterocycles. The van der Waals surface area contributed by atoms with Crippen LogP contribution in [0.3, 0.4) is 0 Å². The monoisotopic (exact) mass is 544 g/mol. The SMILES string of the molecule is [2H][C@](Nc1cc(Cl)c2ncc(C#N)c(N[C@H](CC)c3ccccc3)c2c1)(C1=C(C)NNN1)c1ccccc1Cl. The highest BCUT2D eigenvalue weighted by Gasteiger charge is 2.25. The molecule has 38 heavy (non-hydrogen) atoms. The van der Waals surface area contributed by atoms with E-state index in [0.717, 1.165) is 17.7 Å². The Balaban J connectivity index is 1.65. The maximum Gasteiger partial charge on any atom is 0.103 e. The zero-order valence-corrected chi connectivity index (χ0v) is 22.4. The Hall–Kier alpha value is -3.96. The van der Waals surface area contributed by atoms with Gasteiger partial charge in [-0.25, -0.2) is 0 Å². The molecule has 0 saturated carbocycles. The average Bonchev–Trinajstić information content (AvgIpc) is 3.39. The van der Waals surface area contributed by atoms with Gasteiger partial charge >= 0.3 is 0 Å². The van der Waals surface area contributed by atoms with Crippen LogP contribution >= 0.6 is 23.2 Å². The van der Waals surface area contributed by atoms with Crippen LogP contribution in [0.15, 0.2) is 84.3 Å². The number of nitrogens with zero attached hydrogens (tertiary/aromatic N) is 2. The second kappa shape index (κ2) is 11.2. The van der Waals surface area contributed by atoms with E-state index in [1.807, 2.05) is 43.3 Å². The summed E-state index contributed by atoms with van der Waals surface area (Å²) in [4.78, 5) is 4.49. The van der Waals surface area contributed by atoms with Gasteiger partial charge in [-0.1, -0.05) is 78.7 Å². The second-order valence-corrected chi connectivity index (χ2v) is 9.70. The first-order valence-corrected chi connectivity index (χ1v) is 13.0. The Labute approximate surface area is 233 Å². The molecule has 2 atom stereocenters. The van der Waals surface area contributed by atoms with Crippen LogP contribution < -0.4 is 27.0 Å². The lowest BCUT2D eigenvalue weighted by atomic mass is 10.0. The molecule has 7 nitrogen and oxygen atoms in total. The van der Waals surface area contributed by atoms with Gasteiger partial charge in [-0.3, -0.25) is 4.98 Å². The van der Waals surface area contributed by atoms with Crippen LogP contribution in [-0.2, 0) is 0 Å². The molecule has 0 bridgehead atoms. The van der Waals surface area contributed by atoms with Crippen molar-refractivity contribution in [3.05, 3.63) is 111 Å². The van der Waals surface area contributed by atoms with E-state index in [4.69, 9.17) is 23.2 Å². The van der Waals surface area contributed by atoms with Gasteiger partial charge in [0, 0.05) is 28.0 Å². The molecule has 1 aliphatic heterocycles. The first kappa shape index (κ1) is 24.4. The highest BCUT2D eigenvalue weighted by Crippen LogP contribution is 2.38. The van der Waals surface area contributed by atoms with Crippen molar-refractivity contribution in [3.63, 3.8) is 0 Å². The molecule has 3 aromatic carbocycles. The first-order valence-electron chi connectivity index (χ1n) is 12.7. The summed E-state index contributed by atoms with van der Waals surface area (Å²) in [6.45, 7) is 3.95. The molecule has 192 valence electrons. The molecule has 0 aliphatic carbocycles. The molecular weight excluding hydrogens is 517 g/mol. The summed E-state index contributed by atoms with van der Waals surface area (Å²) in [5, 5.41) is 18.4. The van der Waals surface area contributed by atoms with Gasteiger partial charge < -0.3 is 21.5 Å². The van der Waals surface area contributed by atoms with Crippen LogP contribution in [0, 0.1) is 11.3 Å². The summed E-state index contributed by atoms with van der Waals surface area (Å²) in [7, 11) is 0. The second-order valence-electron chi connectivity index (χ2n) is 8.88. The van der Waals surface area contributed by atoms with Crippen molar-refractivity contribution >= 4 is 45.5 Å². The maximum absolute atomic E-state index is 9.96. The highest BCUT2D eigenvalue weighted by atomic mass is 35.5. The molecule has 0 fully saturated rings. The molecule has 0 saturated heterocycles. The molecule has 0 amide bonds. The number of benzene rings is 3. The lowest BCUT2D eigenvalue weighted by molar-refractivity contribution is 0.576. The zero-order chi connectivity index (χ0) is 27.6. The third-order valence-electron chi connectivity index (χ3n) is 6.45. The van der Waals surface area contributed by atoms with Crippen LogP contribution in [0.1, 0.15) is 50.4 Å². The van der Waals surface area contributed by atoms with Crippen LogP contribution in [0.4, 0.5) is 11.4 Å². The van der Waals surface area contributed by atoms with Crippen molar-refractivity contribution in [2.45, 2.75) is 32.3 Å². The molecule has 9 heteroatoms. The third-order valence-corrected chi connectivity index (χ3v) is 7.07. The third kappa shape index (κ3) is 5.07. The number of hydrazine groups is 2. The highest BCUT2D eigenvalue weighted by molar-refractivity contribution is 6.36. The van der Waals surface area contributed by atoms with Crippen molar-refractivity contribution in [2.75, 3.05) is 10.6 Å². The summed E-state index contributed by atoms with van der Waals surface area (Å²) < 4.78 is 9.61. The van der Waals surface area contributed by atoms with Crippen molar-refractivity contribution in [1.29, 1.82) is 5.26 Å². The van der Waals surface area contributed by atoms with Gasteiger partial charge in [-0.2, -0.15) is 10.8 Å². The van der Waals surface area contributed by atoms with Crippen molar-refractivity contribution in [1.82, 2.24) is 21.4 Å². The van der Waals surface area contributed by atoms with Gasteiger partial charge in [0.25, 0.3) is 0 Å². The van der Waals surface area contributed by atoms with Crippen LogP contribution in [0.5, 0.6) is 0 Å². The lowest BCUT2D eigenvalue weighted by Crippen LogP contribution is -2.34. The Morgan fingerprint density at radius 2 is 1.79 bits per heavy atom. The molecule has 1 aliphatic rings. The van der Waals surface area contributed by atoms with Gasteiger partial charge in [0.1, 0.15) is 6.07 Å². The number of rotatable bonds is 8.